The molecule has 2 atom stereocenters. The molecule has 0 spiro atoms. The van der Waals surface area contributed by atoms with Gasteiger partial charge >= 0.3 is 0 Å². The fourth-order valence-electron chi connectivity index (χ4n) is 2.20. The van der Waals surface area contributed by atoms with E-state index in [-0.39, 0.29) is 18.1 Å². The minimum absolute atomic E-state index is 0.0920. The van der Waals surface area contributed by atoms with E-state index in [0.29, 0.717) is 0 Å². The van der Waals surface area contributed by atoms with Crippen LogP contribution in [0.15, 0.2) is 42.5 Å². The van der Waals surface area contributed by atoms with Crippen LogP contribution in [0, 0.1) is 5.41 Å². The van der Waals surface area contributed by atoms with E-state index >= 15 is 0 Å². The van der Waals surface area contributed by atoms with Crippen LogP contribution in [-0.2, 0) is 0 Å². The fourth-order valence-corrected chi connectivity index (χ4v) is 2.20. The second kappa shape index (κ2) is 5.81. The maximum absolute atomic E-state index is 9.53. The molecule has 108 valence electrons. The molecule has 3 heteroatoms. The molecule has 0 radical (unpaired) electrons. The lowest BCUT2D eigenvalue weighted by molar-refractivity contribution is 0.0593. The second-order valence-electron chi connectivity index (χ2n) is 6.24. The highest BCUT2D eigenvalue weighted by Crippen LogP contribution is 2.25. The van der Waals surface area contributed by atoms with E-state index in [1.807, 2.05) is 57.2 Å². The average molecular weight is 273 g/mol. The van der Waals surface area contributed by atoms with Gasteiger partial charge in [0.1, 0.15) is 11.9 Å². The van der Waals surface area contributed by atoms with Crippen LogP contribution in [0.5, 0.6) is 5.75 Å². The van der Waals surface area contributed by atoms with E-state index < -0.39 is 6.10 Å². The summed E-state index contributed by atoms with van der Waals surface area (Å²) in [5, 5.41) is 11.8. The molecule has 0 amide bonds. The molecule has 0 heterocycles. The highest BCUT2D eigenvalue weighted by atomic mass is 16.5. The van der Waals surface area contributed by atoms with Crippen LogP contribution >= 0.6 is 0 Å². The monoisotopic (exact) mass is 273 g/mol. The molecule has 0 aliphatic heterocycles. The first-order valence-electron chi connectivity index (χ1n) is 6.94. The highest BCUT2D eigenvalue weighted by Gasteiger charge is 2.30. The van der Waals surface area contributed by atoms with E-state index in [9.17, 15) is 5.11 Å². The number of benzene rings is 2. The van der Waals surface area contributed by atoms with Crippen LogP contribution in [0.25, 0.3) is 10.8 Å². The summed E-state index contributed by atoms with van der Waals surface area (Å²) in [6, 6.07) is 13.8. The molecule has 0 bridgehead atoms. The minimum atomic E-state index is -0.406. The standard InChI is InChI=1S/C17H23NO2/c1-17(2,3)16(18)15(11-19)20-14-9-8-12-6-4-5-7-13(12)10-14/h4-10,15-16,19H,11,18H2,1-3H3. The van der Waals surface area contributed by atoms with Gasteiger partial charge in [-0.05, 0) is 28.3 Å². The third-order valence-electron chi connectivity index (χ3n) is 3.59. The van der Waals surface area contributed by atoms with Crippen LogP contribution in [0.4, 0.5) is 0 Å². The van der Waals surface area contributed by atoms with Gasteiger partial charge in [0.15, 0.2) is 0 Å². The molecule has 0 aliphatic rings. The van der Waals surface area contributed by atoms with Gasteiger partial charge < -0.3 is 15.6 Å². The van der Waals surface area contributed by atoms with Crippen molar-refractivity contribution in [1.82, 2.24) is 0 Å². The van der Waals surface area contributed by atoms with E-state index in [1.54, 1.807) is 0 Å². The molecule has 0 aromatic heterocycles. The number of aliphatic hydroxyl groups is 1. The minimum Gasteiger partial charge on any atom is -0.486 e. The third kappa shape index (κ3) is 3.30. The van der Waals surface area contributed by atoms with Crippen LogP contribution in [0.1, 0.15) is 20.8 Å². The lowest BCUT2D eigenvalue weighted by Gasteiger charge is -2.33. The number of fused-ring (bicyclic) bond motifs is 1. The number of rotatable bonds is 4. The SMILES string of the molecule is CC(C)(C)C(N)C(CO)Oc1ccc2ccccc2c1. The first-order chi connectivity index (χ1) is 9.41. The maximum Gasteiger partial charge on any atom is 0.137 e. The Morgan fingerprint density at radius 1 is 1.10 bits per heavy atom. The quantitative estimate of drug-likeness (QED) is 0.900. The van der Waals surface area contributed by atoms with E-state index in [0.717, 1.165) is 11.1 Å². The molecule has 0 fully saturated rings. The summed E-state index contributed by atoms with van der Waals surface area (Å²) in [6.45, 7) is 6.05. The fraction of sp³-hybridized carbons (Fsp3) is 0.412. The lowest BCUT2D eigenvalue weighted by atomic mass is 9.84. The molecule has 0 saturated carbocycles. The van der Waals surface area contributed by atoms with E-state index in [1.165, 1.54) is 5.39 Å². The molecule has 2 aromatic rings. The number of ether oxygens (including phenoxy) is 1. The first-order valence-corrected chi connectivity index (χ1v) is 6.94. The van der Waals surface area contributed by atoms with Crippen molar-refractivity contribution < 1.29 is 9.84 Å². The summed E-state index contributed by atoms with van der Waals surface area (Å²) >= 11 is 0. The molecule has 2 rings (SSSR count). The normalized spacial score (nSPS) is 15.1. The van der Waals surface area contributed by atoms with Crippen LogP contribution in [-0.4, -0.2) is 23.9 Å². The van der Waals surface area contributed by atoms with Crippen molar-refractivity contribution >= 4 is 10.8 Å². The Hall–Kier alpha value is -1.58. The van der Waals surface area contributed by atoms with Crippen molar-refractivity contribution in [1.29, 1.82) is 0 Å². The molecular formula is C17H23NO2. The molecule has 3 N–H and O–H groups in total. The zero-order chi connectivity index (χ0) is 14.8. The number of aliphatic hydroxyl groups excluding tert-OH is 1. The smallest absolute Gasteiger partial charge is 0.137 e. The van der Waals surface area contributed by atoms with E-state index in [2.05, 4.69) is 6.07 Å². The van der Waals surface area contributed by atoms with E-state index in [4.69, 9.17) is 10.5 Å². The van der Waals surface area contributed by atoms with Gasteiger partial charge in [-0.15, -0.1) is 0 Å². The van der Waals surface area contributed by atoms with Gasteiger partial charge in [0.2, 0.25) is 0 Å². The van der Waals surface area contributed by atoms with Gasteiger partial charge in [-0.25, -0.2) is 0 Å². The van der Waals surface area contributed by atoms with Gasteiger partial charge in [-0.1, -0.05) is 51.1 Å². The predicted molar refractivity (Wildman–Crippen MR) is 82.9 cm³/mol. The zero-order valence-corrected chi connectivity index (χ0v) is 12.3. The Morgan fingerprint density at radius 3 is 2.35 bits per heavy atom. The Kier molecular flexibility index (Phi) is 4.31. The zero-order valence-electron chi connectivity index (χ0n) is 12.3. The summed E-state index contributed by atoms with van der Waals surface area (Å²) < 4.78 is 5.89. The molecule has 0 saturated heterocycles. The second-order valence-corrected chi connectivity index (χ2v) is 6.24. The van der Waals surface area contributed by atoms with Gasteiger partial charge in [0.05, 0.1) is 6.61 Å². The molecule has 2 unspecified atom stereocenters. The topological polar surface area (TPSA) is 55.5 Å². The van der Waals surface area contributed by atoms with Crippen LogP contribution < -0.4 is 10.5 Å². The van der Waals surface area contributed by atoms with Crippen molar-refractivity contribution in [2.75, 3.05) is 6.61 Å². The largest absolute Gasteiger partial charge is 0.486 e. The summed E-state index contributed by atoms with van der Waals surface area (Å²) in [6.07, 6.45) is -0.406. The summed E-state index contributed by atoms with van der Waals surface area (Å²) in [4.78, 5) is 0. The first kappa shape index (κ1) is 14.8. The number of hydrogen-bond acceptors (Lipinski definition) is 3. The van der Waals surface area contributed by atoms with Gasteiger partial charge in [0, 0.05) is 6.04 Å². The van der Waals surface area contributed by atoms with Crippen molar-refractivity contribution in [3.8, 4) is 5.75 Å². The van der Waals surface area contributed by atoms with Gasteiger partial charge in [-0.3, -0.25) is 0 Å². The molecule has 3 nitrogen and oxygen atoms in total. The molecule has 20 heavy (non-hydrogen) atoms. The highest BCUT2D eigenvalue weighted by molar-refractivity contribution is 5.83. The lowest BCUT2D eigenvalue weighted by Crippen LogP contribution is -2.49. The van der Waals surface area contributed by atoms with Crippen molar-refractivity contribution in [3.63, 3.8) is 0 Å². The predicted octanol–water partition coefficient (Wildman–Crippen LogP) is 2.95. The average Bonchev–Trinajstić information content (AvgIpc) is 2.43. The van der Waals surface area contributed by atoms with Crippen molar-refractivity contribution in [2.45, 2.75) is 32.9 Å². The van der Waals surface area contributed by atoms with Crippen molar-refractivity contribution in [2.24, 2.45) is 11.1 Å². The molecule has 2 aromatic carbocycles. The number of hydrogen-bond donors (Lipinski definition) is 2. The van der Waals surface area contributed by atoms with Crippen LogP contribution in [0.3, 0.4) is 0 Å². The Labute approximate surface area is 120 Å². The Morgan fingerprint density at radius 2 is 1.75 bits per heavy atom. The molecule has 0 aliphatic carbocycles. The maximum atomic E-state index is 9.53. The summed E-state index contributed by atoms with van der Waals surface area (Å²) in [7, 11) is 0. The van der Waals surface area contributed by atoms with Crippen molar-refractivity contribution in [3.05, 3.63) is 42.5 Å². The van der Waals surface area contributed by atoms with Crippen LogP contribution in [0.2, 0.25) is 0 Å². The number of nitrogens with two attached hydrogens (primary N) is 1. The summed E-state index contributed by atoms with van der Waals surface area (Å²) in [5.41, 5.74) is 6.06. The summed E-state index contributed by atoms with van der Waals surface area (Å²) in [5.74, 6) is 0.738. The Balaban J connectivity index is 2.21. The van der Waals surface area contributed by atoms with Gasteiger partial charge in [-0.2, -0.15) is 0 Å². The Bertz CT molecular complexity index is 574. The third-order valence-corrected chi connectivity index (χ3v) is 3.59. The van der Waals surface area contributed by atoms with Gasteiger partial charge in [0.25, 0.3) is 0 Å². The molecular weight excluding hydrogens is 250 g/mol.